The topological polar surface area (TPSA) is 55.4 Å². The van der Waals surface area contributed by atoms with Crippen molar-refractivity contribution in [2.75, 3.05) is 13.7 Å². The molecular weight excluding hydrogens is 242 g/mol. The molecule has 4 nitrogen and oxygen atoms in total. The number of benzene rings is 1. The molecule has 0 aliphatic carbocycles. The van der Waals surface area contributed by atoms with Gasteiger partial charge in [-0.1, -0.05) is 32.9 Å². The zero-order chi connectivity index (χ0) is 14.5. The predicted octanol–water partition coefficient (Wildman–Crippen LogP) is 1.85. The average molecular weight is 263 g/mol. The highest BCUT2D eigenvalue weighted by Gasteiger charge is 2.15. The van der Waals surface area contributed by atoms with E-state index < -0.39 is 5.91 Å². The smallest absolute Gasteiger partial charge is 0.284 e. The Morgan fingerprint density at radius 1 is 1.37 bits per heavy atom. The minimum Gasteiger partial charge on any atom is -0.496 e. The number of amides is 1. The van der Waals surface area contributed by atoms with Gasteiger partial charge in [-0.2, -0.15) is 0 Å². The summed E-state index contributed by atoms with van der Waals surface area (Å²) in [6.07, 6.45) is 0.912. The second-order valence-corrected chi connectivity index (χ2v) is 5.44. The third-order valence-corrected chi connectivity index (χ3v) is 2.95. The molecule has 0 aliphatic rings. The lowest BCUT2D eigenvalue weighted by Crippen LogP contribution is -2.26. The van der Waals surface area contributed by atoms with Crippen LogP contribution in [0.15, 0.2) is 18.2 Å². The number of hydrogen-bond acceptors (Lipinski definition) is 3. The maximum atomic E-state index is 10.9. The SMILES string of the molecule is COc1ccc(C(C)(C)C)cc1CCNC(=O)C=O. The highest BCUT2D eigenvalue weighted by Crippen LogP contribution is 2.28. The first kappa shape index (κ1) is 15.2. The molecule has 19 heavy (non-hydrogen) atoms. The molecule has 0 unspecified atom stereocenters. The Hall–Kier alpha value is -1.84. The van der Waals surface area contributed by atoms with Crippen molar-refractivity contribution in [1.82, 2.24) is 5.32 Å². The summed E-state index contributed by atoms with van der Waals surface area (Å²) in [5, 5.41) is 2.53. The maximum absolute atomic E-state index is 10.9. The first-order valence-electron chi connectivity index (χ1n) is 6.29. The zero-order valence-electron chi connectivity index (χ0n) is 11.9. The summed E-state index contributed by atoms with van der Waals surface area (Å²) in [6, 6.07) is 6.08. The van der Waals surface area contributed by atoms with Gasteiger partial charge in [0.05, 0.1) is 7.11 Å². The van der Waals surface area contributed by atoms with Crippen LogP contribution in [0.25, 0.3) is 0 Å². The van der Waals surface area contributed by atoms with Gasteiger partial charge >= 0.3 is 0 Å². The molecule has 1 rings (SSSR count). The third kappa shape index (κ3) is 4.39. The molecule has 0 saturated heterocycles. The van der Waals surface area contributed by atoms with E-state index in [1.807, 2.05) is 12.1 Å². The molecule has 1 N–H and O–H groups in total. The Kier molecular flexibility index (Phi) is 5.10. The van der Waals surface area contributed by atoms with E-state index >= 15 is 0 Å². The number of carbonyl (C=O) groups is 2. The molecule has 0 spiro atoms. The van der Waals surface area contributed by atoms with E-state index in [0.29, 0.717) is 13.0 Å². The van der Waals surface area contributed by atoms with E-state index in [1.54, 1.807) is 7.11 Å². The normalized spacial score (nSPS) is 10.9. The van der Waals surface area contributed by atoms with Crippen LogP contribution in [-0.4, -0.2) is 25.8 Å². The lowest BCUT2D eigenvalue weighted by molar-refractivity contribution is -0.131. The fourth-order valence-electron chi connectivity index (χ4n) is 1.80. The Morgan fingerprint density at radius 2 is 2.05 bits per heavy atom. The number of carbonyl (C=O) groups excluding carboxylic acids is 2. The largest absolute Gasteiger partial charge is 0.496 e. The fraction of sp³-hybridized carbons (Fsp3) is 0.467. The molecule has 1 aromatic rings. The summed E-state index contributed by atoms with van der Waals surface area (Å²) < 4.78 is 5.31. The number of rotatable bonds is 5. The van der Waals surface area contributed by atoms with Gasteiger partial charge in [-0.25, -0.2) is 0 Å². The minimum absolute atomic E-state index is 0.0626. The van der Waals surface area contributed by atoms with E-state index in [-0.39, 0.29) is 11.7 Å². The molecular formula is C15H21NO3. The molecule has 104 valence electrons. The van der Waals surface area contributed by atoms with Crippen LogP contribution in [0.5, 0.6) is 5.75 Å². The standard InChI is InChI=1S/C15H21NO3/c1-15(2,3)12-5-6-13(19-4)11(9-12)7-8-16-14(18)10-17/h5-6,9-10H,7-8H2,1-4H3,(H,16,18). The van der Waals surface area contributed by atoms with E-state index in [2.05, 4.69) is 32.2 Å². The summed E-state index contributed by atoms with van der Waals surface area (Å²) in [4.78, 5) is 21.1. The molecule has 0 atom stereocenters. The van der Waals surface area contributed by atoms with Gasteiger partial charge in [0.1, 0.15) is 5.75 Å². The Balaban J connectivity index is 2.84. The second-order valence-electron chi connectivity index (χ2n) is 5.44. The van der Waals surface area contributed by atoms with Gasteiger partial charge in [-0.3, -0.25) is 9.59 Å². The van der Waals surface area contributed by atoms with Crippen molar-refractivity contribution < 1.29 is 14.3 Å². The van der Waals surface area contributed by atoms with Crippen LogP contribution in [0.1, 0.15) is 31.9 Å². The molecule has 1 amide bonds. The summed E-state index contributed by atoms with van der Waals surface area (Å²) in [6.45, 7) is 6.85. The van der Waals surface area contributed by atoms with Gasteiger partial charge in [-0.05, 0) is 29.0 Å². The molecule has 0 radical (unpaired) electrons. The molecule has 0 saturated carbocycles. The van der Waals surface area contributed by atoms with Gasteiger partial charge in [0.15, 0.2) is 0 Å². The molecule has 0 heterocycles. The highest BCUT2D eigenvalue weighted by atomic mass is 16.5. The molecule has 0 aromatic heterocycles. The quantitative estimate of drug-likeness (QED) is 0.651. The van der Waals surface area contributed by atoms with E-state index in [0.717, 1.165) is 11.3 Å². The van der Waals surface area contributed by atoms with Gasteiger partial charge in [0.25, 0.3) is 5.91 Å². The molecule has 0 aliphatic heterocycles. The first-order chi connectivity index (χ1) is 8.88. The number of hydrogen-bond donors (Lipinski definition) is 1. The van der Waals surface area contributed by atoms with Crippen LogP contribution in [0.4, 0.5) is 0 Å². The van der Waals surface area contributed by atoms with Crippen LogP contribution in [0.2, 0.25) is 0 Å². The van der Waals surface area contributed by atoms with Gasteiger partial charge in [-0.15, -0.1) is 0 Å². The Labute approximate surface area is 114 Å². The first-order valence-corrected chi connectivity index (χ1v) is 6.29. The summed E-state index contributed by atoms with van der Waals surface area (Å²) in [5.74, 6) is 0.208. The highest BCUT2D eigenvalue weighted by molar-refractivity contribution is 6.23. The maximum Gasteiger partial charge on any atom is 0.284 e. The third-order valence-electron chi connectivity index (χ3n) is 2.95. The zero-order valence-corrected chi connectivity index (χ0v) is 11.9. The van der Waals surface area contributed by atoms with Gasteiger partial charge in [0.2, 0.25) is 6.29 Å². The van der Waals surface area contributed by atoms with E-state index in [4.69, 9.17) is 4.74 Å². The van der Waals surface area contributed by atoms with Crippen LogP contribution in [0.3, 0.4) is 0 Å². The number of aldehydes is 1. The minimum atomic E-state index is -0.592. The predicted molar refractivity (Wildman–Crippen MR) is 74.5 cm³/mol. The van der Waals surface area contributed by atoms with Crippen molar-refractivity contribution in [3.63, 3.8) is 0 Å². The molecule has 0 bridgehead atoms. The van der Waals surface area contributed by atoms with E-state index in [9.17, 15) is 9.59 Å². The number of methoxy groups -OCH3 is 1. The second kappa shape index (κ2) is 6.36. The summed E-state index contributed by atoms with van der Waals surface area (Å²) >= 11 is 0. The lowest BCUT2D eigenvalue weighted by Gasteiger charge is -2.21. The van der Waals surface area contributed by atoms with E-state index in [1.165, 1.54) is 5.56 Å². The molecule has 4 heteroatoms. The van der Waals surface area contributed by atoms with Gasteiger partial charge < -0.3 is 10.1 Å². The van der Waals surface area contributed by atoms with Crippen LogP contribution in [0, 0.1) is 0 Å². The number of ether oxygens (including phenoxy) is 1. The van der Waals surface area contributed by atoms with Crippen molar-refractivity contribution in [2.24, 2.45) is 0 Å². The fourth-order valence-corrected chi connectivity index (χ4v) is 1.80. The van der Waals surface area contributed by atoms with Crippen molar-refractivity contribution in [2.45, 2.75) is 32.6 Å². The monoisotopic (exact) mass is 263 g/mol. The van der Waals surface area contributed by atoms with Crippen LogP contribution in [-0.2, 0) is 21.4 Å². The van der Waals surface area contributed by atoms with Crippen molar-refractivity contribution in [3.8, 4) is 5.75 Å². The van der Waals surface area contributed by atoms with Crippen molar-refractivity contribution >= 4 is 12.2 Å². The Morgan fingerprint density at radius 3 is 2.58 bits per heavy atom. The number of nitrogens with one attached hydrogen (secondary N) is 1. The van der Waals surface area contributed by atoms with Crippen LogP contribution >= 0.6 is 0 Å². The summed E-state index contributed by atoms with van der Waals surface area (Å²) in [5.41, 5.74) is 2.30. The van der Waals surface area contributed by atoms with Crippen LogP contribution < -0.4 is 10.1 Å². The molecule has 0 fully saturated rings. The lowest BCUT2D eigenvalue weighted by atomic mass is 9.85. The average Bonchev–Trinajstić information content (AvgIpc) is 2.37. The molecule has 1 aromatic carbocycles. The Bertz CT molecular complexity index is 461. The summed E-state index contributed by atoms with van der Waals surface area (Å²) in [7, 11) is 1.62. The van der Waals surface area contributed by atoms with Gasteiger partial charge in [0, 0.05) is 6.54 Å². The van der Waals surface area contributed by atoms with Crippen molar-refractivity contribution in [3.05, 3.63) is 29.3 Å². The van der Waals surface area contributed by atoms with Crippen molar-refractivity contribution in [1.29, 1.82) is 0 Å².